The zero-order valence-corrected chi connectivity index (χ0v) is 53.3. The zero-order chi connectivity index (χ0) is 61.7. The van der Waals surface area contributed by atoms with Crippen LogP contribution in [0.4, 0.5) is 0 Å². The summed E-state index contributed by atoms with van der Waals surface area (Å²) in [5.74, 6) is -3.17. The van der Waals surface area contributed by atoms with Crippen LogP contribution in [0.2, 0.25) is 0 Å². The highest BCUT2D eigenvalue weighted by atomic mass is 16.7. The van der Waals surface area contributed by atoms with Crippen LogP contribution in [-0.4, -0.2) is 89.2 Å². The summed E-state index contributed by atoms with van der Waals surface area (Å²) < 4.78 is 28.5. The summed E-state index contributed by atoms with van der Waals surface area (Å²) in [6.45, 7) is 5.74. The average molecular weight is 1190 g/mol. The fourth-order valence-corrected chi connectivity index (χ4v) is 9.44. The minimum Gasteiger partial charge on any atom is -0.479 e. The van der Waals surface area contributed by atoms with Crippen LogP contribution in [0.25, 0.3) is 0 Å². The molecule has 1 rings (SSSR count). The van der Waals surface area contributed by atoms with E-state index in [1.807, 2.05) is 0 Å². The van der Waals surface area contributed by atoms with E-state index in [1.54, 1.807) is 0 Å². The van der Waals surface area contributed by atoms with Gasteiger partial charge in [-0.05, 0) is 128 Å². The number of carbonyl (C=O) groups is 4. The molecule has 0 aromatic carbocycles. The van der Waals surface area contributed by atoms with Crippen molar-refractivity contribution >= 4 is 23.9 Å². The standard InChI is InChI=1S/C73H118O12/c1-4-7-10-13-16-19-22-25-28-31-33-36-38-41-44-47-50-53-56-59-65(74)81-62-64(83-66(75)60-57-54-51-48-45-42-39-35-30-27-24-21-18-15-12-9-6-3)63-82-73-71(69(78)68(77)70(85-73)72(79)80)84-67(76)61-58-55-52-49-46-43-40-37-34-32-29-26-23-20-17-14-11-8-5-2/h8-9,11-12,16-21,25-30,33-34,36-37,64,68-71,73,77-78H,4-7,10,13-15,22-24,31-32,35,38-63H2,1-3H3,(H,79,80)/b11-8-,12-9-,19-16-,20-17-,21-18-,28-25-,29-26-,30-27-,36-33-,37-34-. The third kappa shape index (κ3) is 48.9. The van der Waals surface area contributed by atoms with Gasteiger partial charge >= 0.3 is 23.9 Å². The van der Waals surface area contributed by atoms with E-state index in [-0.39, 0.29) is 25.9 Å². The Morgan fingerprint density at radius 1 is 0.400 bits per heavy atom. The normalized spacial score (nSPS) is 18.2. The molecule has 85 heavy (non-hydrogen) atoms. The summed E-state index contributed by atoms with van der Waals surface area (Å²) in [7, 11) is 0. The molecular formula is C73H118O12. The lowest BCUT2D eigenvalue weighted by Crippen LogP contribution is -2.61. The monoisotopic (exact) mass is 1190 g/mol. The largest absolute Gasteiger partial charge is 0.479 e. The van der Waals surface area contributed by atoms with Gasteiger partial charge in [0.1, 0.15) is 18.8 Å². The fourth-order valence-electron chi connectivity index (χ4n) is 9.44. The Kier molecular flexibility index (Phi) is 54.6. The van der Waals surface area contributed by atoms with Crippen LogP contribution >= 0.6 is 0 Å². The molecule has 482 valence electrons. The molecule has 0 aromatic heterocycles. The summed E-state index contributed by atoms with van der Waals surface area (Å²) >= 11 is 0. The number of esters is 3. The van der Waals surface area contributed by atoms with Crippen molar-refractivity contribution in [2.75, 3.05) is 13.2 Å². The molecule has 1 aliphatic rings. The van der Waals surface area contributed by atoms with Crippen molar-refractivity contribution in [2.24, 2.45) is 0 Å². The van der Waals surface area contributed by atoms with Crippen molar-refractivity contribution in [1.29, 1.82) is 0 Å². The molecule has 1 fully saturated rings. The number of unbranched alkanes of at least 4 members (excludes halogenated alkanes) is 22. The first-order valence-corrected chi connectivity index (χ1v) is 33.5. The molecule has 0 spiro atoms. The van der Waals surface area contributed by atoms with E-state index in [9.17, 15) is 34.5 Å². The van der Waals surface area contributed by atoms with Gasteiger partial charge in [-0.2, -0.15) is 0 Å². The van der Waals surface area contributed by atoms with Crippen LogP contribution in [-0.2, 0) is 42.9 Å². The third-order valence-corrected chi connectivity index (χ3v) is 14.5. The minimum absolute atomic E-state index is 0.0358. The fraction of sp³-hybridized carbons (Fsp3) is 0.671. The second kappa shape index (κ2) is 59.5. The van der Waals surface area contributed by atoms with Crippen molar-refractivity contribution in [3.8, 4) is 0 Å². The van der Waals surface area contributed by atoms with Gasteiger partial charge in [-0.15, -0.1) is 0 Å². The summed E-state index contributed by atoms with van der Waals surface area (Å²) in [6, 6.07) is 0. The molecule has 1 heterocycles. The van der Waals surface area contributed by atoms with Crippen LogP contribution in [0.15, 0.2) is 122 Å². The molecule has 0 saturated carbocycles. The lowest BCUT2D eigenvalue weighted by molar-refractivity contribution is -0.301. The van der Waals surface area contributed by atoms with E-state index in [1.165, 1.54) is 25.7 Å². The Labute approximate surface area is 516 Å². The molecule has 12 nitrogen and oxygen atoms in total. The highest BCUT2D eigenvalue weighted by molar-refractivity contribution is 5.74. The Balaban J connectivity index is 2.68. The van der Waals surface area contributed by atoms with Gasteiger partial charge in [0, 0.05) is 19.3 Å². The summed E-state index contributed by atoms with van der Waals surface area (Å²) in [4.78, 5) is 51.4. The summed E-state index contributed by atoms with van der Waals surface area (Å²) in [6.07, 6.45) is 70.0. The number of aliphatic carboxylic acids is 1. The Hall–Kier alpha value is -4.88. The first-order chi connectivity index (χ1) is 41.6. The van der Waals surface area contributed by atoms with Crippen LogP contribution in [0, 0.1) is 0 Å². The van der Waals surface area contributed by atoms with E-state index in [2.05, 4.69) is 142 Å². The van der Waals surface area contributed by atoms with Gasteiger partial charge in [-0.3, -0.25) is 14.4 Å². The molecule has 0 aromatic rings. The molecule has 1 saturated heterocycles. The number of hydrogen-bond donors (Lipinski definition) is 3. The number of rotatable bonds is 56. The number of aliphatic hydroxyl groups excluding tert-OH is 2. The van der Waals surface area contributed by atoms with Crippen molar-refractivity contribution in [3.63, 3.8) is 0 Å². The lowest BCUT2D eigenvalue weighted by Gasteiger charge is -2.40. The number of hydrogen-bond acceptors (Lipinski definition) is 11. The van der Waals surface area contributed by atoms with E-state index >= 15 is 0 Å². The Morgan fingerprint density at radius 3 is 1.13 bits per heavy atom. The predicted molar refractivity (Wildman–Crippen MR) is 349 cm³/mol. The molecular weight excluding hydrogens is 1070 g/mol. The van der Waals surface area contributed by atoms with Crippen molar-refractivity contribution in [3.05, 3.63) is 122 Å². The third-order valence-electron chi connectivity index (χ3n) is 14.5. The van der Waals surface area contributed by atoms with Crippen molar-refractivity contribution in [2.45, 2.75) is 302 Å². The highest BCUT2D eigenvalue weighted by Crippen LogP contribution is 2.26. The van der Waals surface area contributed by atoms with Gasteiger partial charge in [0.05, 0.1) is 6.61 Å². The molecule has 1 aliphatic heterocycles. The smallest absolute Gasteiger partial charge is 0.335 e. The number of carboxylic acids is 1. The molecule has 3 N–H and O–H groups in total. The molecule has 0 amide bonds. The number of allylic oxidation sites excluding steroid dienone is 20. The van der Waals surface area contributed by atoms with E-state index in [0.29, 0.717) is 19.3 Å². The highest BCUT2D eigenvalue weighted by Gasteiger charge is 2.50. The molecule has 0 aliphatic carbocycles. The average Bonchev–Trinajstić information content (AvgIpc) is 2.79. The van der Waals surface area contributed by atoms with Gasteiger partial charge in [-0.1, -0.05) is 239 Å². The molecule has 6 unspecified atom stereocenters. The Morgan fingerprint density at radius 2 is 0.741 bits per heavy atom. The van der Waals surface area contributed by atoms with Gasteiger partial charge in [-0.25, -0.2) is 4.79 Å². The molecule has 0 bridgehead atoms. The minimum atomic E-state index is -1.92. The number of carbonyl (C=O) groups excluding carboxylic acids is 3. The second-order valence-electron chi connectivity index (χ2n) is 22.3. The number of ether oxygens (including phenoxy) is 5. The van der Waals surface area contributed by atoms with E-state index < -0.39 is 67.3 Å². The number of aliphatic hydroxyl groups is 2. The molecule has 0 radical (unpaired) electrons. The van der Waals surface area contributed by atoms with Crippen LogP contribution in [0.1, 0.15) is 265 Å². The molecule has 6 atom stereocenters. The van der Waals surface area contributed by atoms with Crippen LogP contribution in [0.3, 0.4) is 0 Å². The first kappa shape index (κ1) is 78.1. The van der Waals surface area contributed by atoms with E-state index in [0.717, 1.165) is 180 Å². The summed E-state index contributed by atoms with van der Waals surface area (Å²) in [5.41, 5.74) is 0. The van der Waals surface area contributed by atoms with Gasteiger partial charge in [0.25, 0.3) is 0 Å². The van der Waals surface area contributed by atoms with Crippen LogP contribution in [0.5, 0.6) is 0 Å². The Bertz CT molecular complexity index is 1940. The predicted octanol–water partition coefficient (Wildman–Crippen LogP) is 18.3. The maximum Gasteiger partial charge on any atom is 0.335 e. The van der Waals surface area contributed by atoms with Crippen LogP contribution < -0.4 is 0 Å². The maximum absolute atomic E-state index is 13.2. The first-order valence-electron chi connectivity index (χ1n) is 33.5. The van der Waals surface area contributed by atoms with E-state index in [4.69, 9.17) is 23.7 Å². The van der Waals surface area contributed by atoms with Gasteiger partial charge in [0.15, 0.2) is 24.6 Å². The summed E-state index contributed by atoms with van der Waals surface area (Å²) in [5, 5.41) is 31.6. The number of carboxylic acid groups (broad SMARTS) is 1. The quantitative estimate of drug-likeness (QED) is 0.0228. The van der Waals surface area contributed by atoms with Gasteiger partial charge in [0.2, 0.25) is 0 Å². The van der Waals surface area contributed by atoms with Gasteiger partial charge < -0.3 is 39.0 Å². The zero-order valence-electron chi connectivity index (χ0n) is 53.3. The van der Waals surface area contributed by atoms with Crippen molar-refractivity contribution in [1.82, 2.24) is 0 Å². The molecule has 12 heteroatoms. The van der Waals surface area contributed by atoms with Crippen molar-refractivity contribution < 1.29 is 58.2 Å². The lowest BCUT2D eigenvalue weighted by atomic mass is 9.98. The second-order valence-corrected chi connectivity index (χ2v) is 22.3. The topological polar surface area (TPSA) is 175 Å². The SMILES string of the molecule is CC/C=C\C/C=C\C/C=C\C/C=C\CCCCCCCCC(=O)OC1C(OCC(COC(=O)CCCCCCCC/C=C\C/C=C\C/C=C\CCCCC)OC(=O)CCCCCCCCC/C=C\C/C=C\C/C=C\CC)OC(C(=O)O)C(O)C1O. The maximum atomic E-state index is 13.2.